The first-order valence-electron chi connectivity index (χ1n) is 8.00. The maximum Gasteiger partial charge on any atom is 0.266 e. The number of nitrogens with one attached hydrogen (secondary N) is 1. The van der Waals surface area contributed by atoms with E-state index in [1.807, 2.05) is 60.9 Å². The van der Waals surface area contributed by atoms with E-state index in [4.69, 9.17) is 4.74 Å². The number of ether oxygens (including phenoxy) is 1. The van der Waals surface area contributed by atoms with Crippen LogP contribution in [-0.2, 0) is 6.61 Å². The Morgan fingerprint density at radius 3 is 2.92 bits per heavy atom. The normalized spacial score (nSPS) is 10.8. The summed E-state index contributed by atoms with van der Waals surface area (Å²) in [4.78, 5) is 17.1. The number of pyridine rings is 1. The van der Waals surface area contributed by atoms with Gasteiger partial charge < -0.3 is 10.1 Å². The van der Waals surface area contributed by atoms with Crippen LogP contribution in [0.2, 0.25) is 0 Å². The lowest BCUT2D eigenvalue weighted by atomic mass is 10.2. The van der Waals surface area contributed by atoms with Gasteiger partial charge in [-0.25, -0.2) is 4.98 Å². The first-order valence-corrected chi connectivity index (χ1v) is 9.68. The van der Waals surface area contributed by atoms with Crippen molar-refractivity contribution < 1.29 is 9.53 Å². The minimum absolute atomic E-state index is 0.176. The molecule has 0 aliphatic carbocycles. The molecule has 2 aromatic heterocycles. The monoisotopic (exact) mass is 428 g/mol. The first kappa shape index (κ1) is 18.4. The van der Waals surface area contributed by atoms with Crippen LogP contribution in [-0.4, -0.2) is 10.9 Å². The number of halogens is 1. The second-order valence-electron chi connectivity index (χ2n) is 5.46. The fourth-order valence-electron chi connectivity index (χ4n) is 2.29. The highest BCUT2D eigenvalue weighted by atomic mass is 79.9. The van der Waals surface area contributed by atoms with Gasteiger partial charge >= 0.3 is 0 Å². The number of aromatic nitrogens is 1. The molecule has 3 aromatic rings. The summed E-state index contributed by atoms with van der Waals surface area (Å²) in [7, 11) is 0. The van der Waals surface area contributed by atoms with Crippen molar-refractivity contribution in [2.75, 3.05) is 5.32 Å². The SMILES string of the molecule is C/C=C/c1ccccc1OCc1csc(C(=O)Nc2ccc(Br)cn2)c1. The zero-order valence-corrected chi connectivity index (χ0v) is 16.5. The van der Waals surface area contributed by atoms with Crippen LogP contribution in [0.1, 0.15) is 27.7 Å². The topological polar surface area (TPSA) is 51.2 Å². The van der Waals surface area contributed by atoms with Gasteiger partial charge in [0, 0.05) is 21.8 Å². The van der Waals surface area contributed by atoms with Crippen molar-refractivity contribution >= 4 is 45.1 Å². The molecule has 4 nitrogen and oxygen atoms in total. The third-order valence-corrected chi connectivity index (χ3v) is 4.95. The van der Waals surface area contributed by atoms with E-state index in [0.29, 0.717) is 17.3 Å². The molecule has 0 radical (unpaired) electrons. The van der Waals surface area contributed by atoms with Gasteiger partial charge in [0.1, 0.15) is 18.2 Å². The molecule has 0 saturated carbocycles. The molecule has 1 amide bonds. The maximum absolute atomic E-state index is 12.3. The standard InChI is InChI=1S/C20H17BrN2O2S/c1-2-5-15-6-3-4-7-17(15)25-12-14-10-18(26-13-14)20(24)23-19-9-8-16(21)11-22-19/h2-11,13H,12H2,1H3,(H,22,23,24)/b5-2+. The predicted octanol–water partition coefficient (Wildman–Crippen LogP) is 5.77. The van der Waals surface area contributed by atoms with E-state index in [2.05, 4.69) is 26.2 Å². The largest absolute Gasteiger partial charge is 0.488 e. The number of carbonyl (C=O) groups is 1. The van der Waals surface area contributed by atoms with Crippen molar-refractivity contribution in [2.24, 2.45) is 0 Å². The quantitative estimate of drug-likeness (QED) is 0.541. The number of amides is 1. The lowest BCUT2D eigenvalue weighted by Crippen LogP contribution is -2.11. The van der Waals surface area contributed by atoms with Gasteiger partial charge in [-0.05, 0) is 52.5 Å². The second-order valence-corrected chi connectivity index (χ2v) is 7.29. The molecule has 26 heavy (non-hydrogen) atoms. The van der Waals surface area contributed by atoms with E-state index in [1.54, 1.807) is 12.3 Å². The van der Waals surface area contributed by atoms with Crippen molar-refractivity contribution in [3.05, 3.63) is 80.6 Å². The van der Waals surface area contributed by atoms with Gasteiger partial charge in [0.05, 0.1) is 4.88 Å². The summed E-state index contributed by atoms with van der Waals surface area (Å²) in [6.45, 7) is 2.38. The smallest absolute Gasteiger partial charge is 0.266 e. The van der Waals surface area contributed by atoms with Crippen LogP contribution >= 0.6 is 27.3 Å². The molecule has 1 aromatic carbocycles. The van der Waals surface area contributed by atoms with Crippen molar-refractivity contribution in [1.29, 1.82) is 0 Å². The van der Waals surface area contributed by atoms with Crippen LogP contribution in [0.5, 0.6) is 5.75 Å². The number of benzene rings is 1. The van der Waals surface area contributed by atoms with E-state index in [1.165, 1.54) is 11.3 Å². The highest BCUT2D eigenvalue weighted by molar-refractivity contribution is 9.10. The molecular formula is C20H17BrN2O2S. The Morgan fingerprint density at radius 2 is 2.15 bits per heavy atom. The number of hydrogen-bond donors (Lipinski definition) is 1. The number of thiophene rings is 1. The highest BCUT2D eigenvalue weighted by Crippen LogP contribution is 2.23. The molecule has 0 fully saturated rings. The zero-order chi connectivity index (χ0) is 18.4. The Morgan fingerprint density at radius 1 is 1.31 bits per heavy atom. The predicted molar refractivity (Wildman–Crippen MR) is 110 cm³/mol. The third kappa shape index (κ3) is 4.80. The second kappa shape index (κ2) is 8.78. The van der Waals surface area contributed by atoms with Gasteiger partial charge in [0.15, 0.2) is 0 Å². The summed E-state index contributed by atoms with van der Waals surface area (Å²) in [5.74, 6) is 1.16. The number of para-hydroxylation sites is 1. The minimum atomic E-state index is -0.176. The van der Waals surface area contributed by atoms with Crippen molar-refractivity contribution in [2.45, 2.75) is 13.5 Å². The summed E-state index contributed by atoms with van der Waals surface area (Å²) < 4.78 is 6.77. The molecule has 3 rings (SSSR count). The lowest BCUT2D eigenvalue weighted by molar-refractivity contribution is 0.103. The van der Waals surface area contributed by atoms with Crippen LogP contribution < -0.4 is 10.1 Å². The minimum Gasteiger partial charge on any atom is -0.488 e. The molecule has 2 heterocycles. The summed E-state index contributed by atoms with van der Waals surface area (Å²) in [5.41, 5.74) is 1.99. The van der Waals surface area contributed by atoms with Crippen LogP contribution in [0, 0.1) is 0 Å². The lowest BCUT2D eigenvalue weighted by Gasteiger charge is -2.08. The zero-order valence-electron chi connectivity index (χ0n) is 14.1. The Hall–Kier alpha value is -2.44. The van der Waals surface area contributed by atoms with Gasteiger partial charge in [-0.3, -0.25) is 4.79 Å². The van der Waals surface area contributed by atoms with E-state index >= 15 is 0 Å². The van der Waals surface area contributed by atoms with E-state index in [-0.39, 0.29) is 5.91 Å². The van der Waals surface area contributed by atoms with Gasteiger partial charge in [0.25, 0.3) is 5.91 Å². The Balaban J connectivity index is 1.63. The fraction of sp³-hybridized carbons (Fsp3) is 0.100. The number of allylic oxidation sites excluding steroid dienone is 1. The Labute approximate surface area is 164 Å². The average Bonchev–Trinajstić information content (AvgIpc) is 3.12. The number of hydrogen-bond acceptors (Lipinski definition) is 4. The summed E-state index contributed by atoms with van der Waals surface area (Å²) in [6.07, 6.45) is 5.63. The number of carbonyl (C=O) groups excluding carboxylic acids is 1. The van der Waals surface area contributed by atoms with E-state index < -0.39 is 0 Å². The number of nitrogens with zero attached hydrogens (tertiary/aromatic N) is 1. The van der Waals surface area contributed by atoms with E-state index in [9.17, 15) is 4.79 Å². The molecular weight excluding hydrogens is 412 g/mol. The van der Waals surface area contributed by atoms with Crippen LogP contribution in [0.25, 0.3) is 6.08 Å². The van der Waals surface area contributed by atoms with Crippen molar-refractivity contribution in [3.63, 3.8) is 0 Å². The van der Waals surface area contributed by atoms with Crippen LogP contribution in [0.4, 0.5) is 5.82 Å². The van der Waals surface area contributed by atoms with Gasteiger partial charge in [-0.15, -0.1) is 11.3 Å². The first-order chi connectivity index (χ1) is 12.7. The molecule has 132 valence electrons. The Kier molecular flexibility index (Phi) is 6.20. The van der Waals surface area contributed by atoms with Gasteiger partial charge in [0.2, 0.25) is 0 Å². The molecule has 0 aliphatic heterocycles. The van der Waals surface area contributed by atoms with Gasteiger partial charge in [-0.1, -0.05) is 30.4 Å². The number of anilines is 1. The fourth-order valence-corrected chi connectivity index (χ4v) is 3.31. The molecule has 0 aliphatic rings. The molecule has 6 heteroatoms. The molecule has 0 unspecified atom stereocenters. The molecule has 0 bridgehead atoms. The third-order valence-electron chi connectivity index (χ3n) is 3.51. The van der Waals surface area contributed by atoms with Crippen LogP contribution in [0.15, 0.2) is 64.6 Å². The van der Waals surface area contributed by atoms with Crippen molar-refractivity contribution in [1.82, 2.24) is 4.98 Å². The molecule has 0 spiro atoms. The van der Waals surface area contributed by atoms with Crippen molar-refractivity contribution in [3.8, 4) is 5.75 Å². The number of rotatable bonds is 6. The summed E-state index contributed by atoms with van der Waals surface area (Å²) >= 11 is 4.71. The van der Waals surface area contributed by atoms with E-state index in [0.717, 1.165) is 21.3 Å². The highest BCUT2D eigenvalue weighted by Gasteiger charge is 2.11. The summed E-state index contributed by atoms with van der Waals surface area (Å²) in [6, 6.07) is 13.3. The molecule has 0 atom stereocenters. The van der Waals surface area contributed by atoms with Gasteiger partial charge in [-0.2, -0.15) is 0 Å². The maximum atomic E-state index is 12.3. The van der Waals surface area contributed by atoms with Crippen LogP contribution in [0.3, 0.4) is 0 Å². The molecule has 0 saturated heterocycles. The average molecular weight is 429 g/mol. The summed E-state index contributed by atoms with van der Waals surface area (Å²) in [5, 5.41) is 4.72. The Bertz CT molecular complexity index is 920. The molecule has 1 N–H and O–H groups in total.